The number of amides is 1. The van der Waals surface area contributed by atoms with E-state index in [1.165, 1.54) is 76.0 Å². The van der Waals surface area contributed by atoms with Crippen molar-refractivity contribution < 1.29 is 23.4 Å². The van der Waals surface area contributed by atoms with E-state index in [4.69, 9.17) is 10.5 Å². The second kappa shape index (κ2) is 23.8. The van der Waals surface area contributed by atoms with Gasteiger partial charge in [-0.25, -0.2) is 13.6 Å². The number of fused-ring (bicyclic) bond motifs is 2. The quantitative estimate of drug-likeness (QED) is 0.156. The number of primary amides is 1. The van der Waals surface area contributed by atoms with Crippen molar-refractivity contribution in [1.82, 2.24) is 9.97 Å². The fourth-order valence-corrected chi connectivity index (χ4v) is 11.9. The molecule has 2 aromatic carbocycles. The van der Waals surface area contributed by atoms with E-state index in [9.17, 15) is 18.7 Å². The van der Waals surface area contributed by atoms with Gasteiger partial charge >= 0.3 is 6.09 Å². The van der Waals surface area contributed by atoms with Crippen molar-refractivity contribution in [3.63, 3.8) is 0 Å². The number of pyridine rings is 2. The highest BCUT2D eigenvalue weighted by molar-refractivity contribution is 5.65. The number of rotatable bonds is 11. The monoisotopic (exact) mass is 862 g/mol. The van der Waals surface area contributed by atoms with Gasteiger partial charge in [-0.05, 0) is 145 Å². The second-order valence-electron chi connectivity index (χ2n) is 18.2. The SMILES string of the molecule is C.C.CC[C@H]1[C@H](CO)C[C@@H]2CCCC[C@H]2[C@@H]1/C=C/c1ccc(-c2cccc(F)c2)cn1.CC[C@H]1[C@H](COC(N)=O)C[C@@H]2CCCC[C@H]2[C@@H]1/C=C/c1ccc(-c2cccc(F)c2)cn1. The van der Waals surface area contributed by atoms with Crippen LogP contribution in [0, 0.1) is 70.8 Å². The van der Waals surface area contributed by atoms with Crippen molar-refractivity contribution in [3.05, 3.63) is 120 Å². The van der Waals surface area contributed by atoms with Crippen LogP contribution in [0.15, 0.2) is 97.3 Å². The standard InChI is InChI=1S/C27H33FN2O2.C26H32FNO.2CH4/c1-2-24-21(17-32-27(29)31)14-19-6-3-4-9-25(19)26(24)13-12-23-11-10-20(16-30-23)18-7-5-8-22(28)15-18;1-2-24-21(17-29)14-19-6-3-4-9-25(19)26(24)13-12-23-11-10-20(16-28-23)18-7-5-8-22(27)15-18;;/h5,7-8,10-13,15-16,19,21,24-26H,2-4,6,9,14,17H2,1H3,(H2,29,31);5,7-8,10-13,15-16,19,21,24-26,29H,2-4,6,9,14,17H2,1H3;2*1H4/b2*13-12+;;/t2*19-,21-,24-,25+,26+;;/m00../s1. The van der Waals surface area contributed by atoms with E-state index in [1.807, 2.05) is 42.6 Å². The number of benzene rings is 2. The van der Waals surface area contributed by atoms with Crippen LogP contribution in [-0.2, 0) is 4.74 Å². The molecular formula is C55H73F2N3O3. The summed E-state index contributed by atoms with van der Waals surface area (Å²) in [5.74, 6) is 5.20. The summed E-state index contributed by atoms with van der Waals surface area (Å²) in [6, 6.07) is 21.2. The zero-order valence-corrected chi connectivity index (χ0v) is 36.1. The molecule has 0 saturated heterocycles. The fourth-order valence-electron chi connectivity index (χ4n) is 11.9. The summed E-state index contributed by atoms with van der Waals surface area (Å²) in [7, 11) is 0. The van der Waals surface area contributed by atoms with Gasteiger partial charge in [0.25, 0.3) is 0 Å². The summed E-state index contributed by atoms with van der Waals surface area (Å²) in [4.78, 5) is 20.4. The Labute approximate surface area is 376 Å². The normalized spacial score (nSPS) is 27.8. The number of nitrogens with zero attached hydrogens (tertiary/aromatic N) is 2. The molecule has 0 spiro atoms. The number of aliphatic hydroxyl groups excluding tert-OH is 1. The molecule has 2 aromatic heterocycles. The number of ether oxygens (including phenoxy) is 1. The van der Waals surface area contributed by atoms with E-state index in [2.05, 4.69) is 48.1 Å². The summed E-state index contributed by atoms with van der Waals surface area (Å²) in [5.41, 5.74) is 10.6. The average Bonchev–Trinajstić information content (AvgIpc) is 3.29. The third-order valence-corrected chi connectivity index (χ3v) is 14.8. The van der Waals surface area contributed by atoms with E-state index in [1.54, 1.807) is 24.4 Å². The molecule has 4 aliphatic rings. The summed E-state index contributed by atoms with van der Waals surface area (Å²) >= 11 is 0. The highest BCUT2D eigenvalue weighted by atomic mass is 19.1. The lowest BCUT2D eigenvalue weighted by Gasteiger charge is -2.48. The van der Waals surface area contributed by atoms with Crippen molar-refractivity contribution in [2.45, 2.75) is 106 Å². The van der Waals surface area contributed by atoms with Crippen molar-refractivity contribution >= 4 is 18.2 Å². The lowest BCUT2D eigenvalue weighted by molar-refractivity contribution is 0.00304. The molecule has 63 heavy (non-hydrogen) atoms. The molecular weight excluding hydrogens is 789 g/mol. The maximum Gasteiger partial charge on any atom is 0.404 e. The molecule has 1 amide bonds. The average molecular weight is 862 g/mol. The summed E-state index contributed by atoms with van der Waals surface area (Å²) in [6.07, 6.45) is 26.9. The molecule has 0 radical (unpaired) electrons. The number of halogens is 2. The molecule has 0 aliphatic heterocycles. The van der Waals surface area contributed by atoms with Gasteiger partial charge < -0.3 is 15.6 Å². The number of allylic oxidation sites excluding steroid dienone is 2. The van der Waals surface area contributed by atoms with Gasteiger partial charge in [-0.2, -0.15) is 0 Å². The molecule has 8 rings (SSSR count). The molecule has 0 bridgehead atoms. The van der Waals surface area contributed by atoms with E-state index < -0.39 is 6.09 Å². The number of hydrogen-bond acceptors (Lipinski definition) is 5. The Morgan fingerprint density at radius 2 is 1.14 bits per heavy atom. The van der Waals surface area contributed by atoms with Gasteiger partial charge in [-0.15, -0.1) is 0 Å². The molecule has 4 aromatic rings. The molecule has 4 fully saturated rings. The molecule has 10 atom stereocenters. The predicted molar refractivity (Wildman–Crippen MR) is 255 cm³/mol. The number of carbonyl (C=O) groups is 1. The summed E-state index contributed by atoms with van der Waals surface area (Å²) in [5, 5.41) is 9.98. The number of aliphatic hydroxyl groups is 1. The first-order valence-corrected chi connectivity index (χ1v) is 23.1. The van der Waals surface area contributed by atoms with Crippen LogP contribution >= 0.6 is 0 Å². The minimum atomic E-state index is -0.680. The highest BCUT2D eigenvalue weighted by Gasteiger charge is 2.44. The maximum atomic E-state index is 13.5. The van der Waals surface area contributed by atoms with Gasteiger partial charge in [0.1, 0.15) is 11.6 Å². The van der Waals surface area contributed by atoms with Crippen LogP contribution in [0.25, 0.3) is 34.4 Å². The van der Waals surface area contributed by atoms with Crippen LogP contribution in [0.2, 0.25) is 0 Å². The van der Waals surface area contributed by atoms with Crippen molar-refractivity contribution in [2.75, 3.05) is 13.2 Å². The Hall–Kier alpha value is -4.69. The van der Waals surface area contributed by atoms with Crippen LogP contribution in [0.5, 0.6) is 0 Å². The number of carbonyl (C=O) groups excluding carboxylic acids is 1. The van der Waals surface area contributed by atoms with E-state index in [-0.39, 0.29) is 26.5 Å². The third kappa shape index (κ3) is 12.5. The summed E-state index contributed by atoms with van der Waals surface area (Å²) in [6.45, 7) is 5.23. The Morgan fingerprint density at radius 3 is 1.56 bits per heavy atom. The molecule has 4 saturated carbocycles. The second-order valence-corrected chi connectivity index (χ2v) is 18.2. The largest absolute Gasteiger partial charge is 0.449 e. The van der Waals surface area contributed by atoms with Crippen LogP contribution < -0.4 is 5.73 Å². The molecule has 3 N–H and O–H groups in total. The fraction of sp³-hybridized carbons (Fsp3) is 0.509. The van der Waals surface area contributed by atoms with Gasteiger partial charge in [0.15, 0.2) is 0 Å². The van der Waals surface area contributed by atoms with Gasteiger partial charge in [-0.3, -0.25) is 9.97 Å². The lowest BCUT2D eigenvalue weighted by Crippen LogP contribution is -2.42. The molecule has 340 valence electrons. The summed E-state index contributed by atoms with van der Waals surface area (Å²) < 4.78 is 32.2. The van der Waals surface area contributed by atoms with Crippen LogP contribution in [0.1, 0.15) is 117 Å². The minimum absolute atomic E-state index is 0. The zero-order chi connectivity index (χ0) is 42.7. The van der Waals surface area contributed by atoms with Crippen molar-refractivity contribution in [1.29, 1.82) is 0 Å². The Balaban J connectivity index is 0.000000231. The Kier molecular flexibility index (Phi) is 18.7. The van der Waals surface area contributed by atoms with E-state index >= 15 is 0 Å². The van der Waals surface area contributed by atoms with Crippen molar-refractivity contribution in [3.8, 4) is 22.3 Å². The zero-order valence-electron chi connectivity index (χ0n) is 36.1. The van der Waals surface area contributed by atoms with E-state index in [0.29, 0.717) is 60.6 Å². The highest BCUT2D eigenvalue weighted by Crippen LogP contribution is 2.52. The Morgan fingerprint density at radius 1 is 0.683 bits per heavy atom. The van der Waals surface area contributed by atoms with Gasteiger partial charge in [0.2, 0.25) is 0 Å². The first kappa shape index (κ1) is 49.3. The maximum absolute atomic E-state index is 13.5. The van der Waals surface area contributed by atoms with Gasteiger partial charge in [0, 0.05) is 30.1 Å². The van der Waals surface area contributed by atoms with E-state index in [0.717, 1.165) is 64.7 Å². The molecule has 6 nitrogen and oxygen atoms in total. The smallest absolute Gasteiger partial charge is 0.404 e. The van der Waals surface area contributed by atoms with Crippen LogP contribution in [-0.4, -0.2) is 34.4 Å². The molecule has 2 heterocycles. The minimum Gasteiger partial charge on any atom is -0.449 e. The predicted octanol–water partition coefficient (Wildman–Crippen LogP) is 14.1. The number of hydrogen-bond donors (Lipinski definition) is 2. The number of nitrogens with two attached hydrogens (primary N) is 1. The van der Waals surface area contributed by atoms with Gasteiger partial charge in [-0.1, -0.05) is 129 Å². The third-order valence-electron chi connectivity index (χ3n) is 14.8. The van der Waals surface area contributed by atoms with Crippen LogP contribution in [0.3, 0.4) is 0 Å². The molecule has 4 aliphatic carbocycles. The lowest BCUT2D eigenvalue weighted by atomic mass is 9.57. The molecule has 0 unspecified atom stereocenters. The van der Waals surface area contributed by atoms with Crippen molar-refractivity contribution in [2.24, 2.45) is 64.9 Å². The number of aromatic nitrogens is 2. The topological polar surface area (TPSA) is 98.3 Å². The first-order valence-electron chi connectivity index (χ1n) is 23.1. The van der Waals surface area contributed by atoms with Crippen LogP contribution in [0.4, 0.5) is 13.6 Å². The Bertz CT molecular complexity index is 2060. The first-order chi connectivity index (χ1) is 29.7. The van der Waals surface area contributed by atoms with Gasteiger partial charge in [0.05, 0.1) is 18.0 Å². The molecule has 8 heteroatoms.